The first kappa shape index (κ1) is 27.8. The molecule has 1 aliphatic rings. The van der Waals surface area contributed by atoms with Crippen LogP contribution in [0.15, 0.2) is 12.7 Å². The standard InChI is InChI=1S/C18H28N4O10S/c1-4-9-31-17(27)13-5-7-22(8-6-13)33(29,30)21-18(28)32-10-14(23)19-11(2)15(24)20-12(3)16(25)26/h4,11-13H,1,5-10H2,2-3H3,(H,19,23)(H,20,24)(H,21,28)(H,25,26)/t11-,12-/m0/s1. The zero-order chi connectivity index (χ0) is 25.2. The highest BCUT2D eigenvalue weighted by atomic mass is 32.2. The maximum atomic E-state index is 12.3. The molecule has 1 saturated heterocycles. The number of ether oxygens (including phenoxy) is 2. The van der Waals surface area contributed by atoms with Crippen LogP contribution >= 0.6 is 0 Å². The molecule has 0 aromatic rings. The van der Waals surface area contributed by atoms with Gasteiger partial charge in [-0.1, -0.05) is 12.7 Å². The lowest BCUT2D eigenvalue weighted by atomic mass is 9.98. The molecule has 1 fully saturated rings. The molecule has 0 bridgehead atoms. The minimum atomic E-state index is -4.27. The van der Waals surface area contributed by atoms with Crippen LogP contribution in [0.2, 0.25) is 0 Å². The van der Waals surface area contributed by atoms with E-state index in [-0.39, 0.29) is 32.5 Å². The van der Waals surface area contributed by atoms with E-state index in [0.29, 0.717) is 0 Å². The number of hydrogen-bond acceptors (Lipinski definition) is 9. The largest absolute Gasteiger partial charge is 0.480 e. The lowest BCUT2D eigenvalue weighted by molar-refractivity contribution is -0.148. The zero-order valence-electron chi connectivity index (χ0n) is 18.2. The normalized spacial score (nSPS) is 16.5. The first-order chi connectivity index (χ1) is 15.4. The number of aliphatic carboxylic acids is 1. The predicted octanol–water partition coefficient (Wildman–Crippen LogP) is -1.51. The van der Waals surface area contributed by atoms with E-state index >= 15 is 0 Å². The molecule has 14 nitrogen and oxygen atoms in total. The van der Waals surface area contributed by atoms with Crippen LogP contribution in [-0.2, 0) is 38.9 Å². The Hall–Kier alpha value is -3.20. The number of nitrogens with one attached hydrogen (secondary N) is 3. The van der Waals surface area contributed by atoms with Crippen LogP contribution in [0.1, 0.15) is 26.7 Å². The van der Waals surface area contributed by atoms with Gasteiger partial charge in [0.1, 0.15) is 18.7 Å². The Balaban J connectivity index is 2.43. The summed E-state index contributed by atoms with van der Waals surface area (Å²) >= 11 is 0. The van der Waals surface area contributed by atoms with Crippen LogP contribution in [0.5, 0.6) is 0 Å². The highest BCUT2D eigenvalue weighted by Gasteiger charge is 2.33. The van der Waals surface area contributed by atoms with Gasteiger partial charge in [-0.15, -0.1) is 0 Å². The number of piperidine rings is 1. The molecule has 0 radical (unpaired) electrons. The van der Waals surface area contributed by atoms with Crippen LogP contribution < -0.4 is 15.4 Å². The molecule has 2 atom stereocenters. The predicted molar refractivity (Wildman–Crippen MR) is 112 cm³/mol. The summed E-state index contributed by atoms with van der Waals surface area (Å²) in [5.41, 5.74) is 0. The van der Waals surface area contributed by atoms with Gasteiger partial charge in [0.15, 0.2) is 6.61 Å². The number of carbonyl (C=O) groups excluding carboxylic acids is 4. The van der Waals surface area contributed by atoms with Gasteiger partial charge in [0, 0.05) is 13.1 Å². The van der Waals surface area contributed by atoms with Crippen LogP contribution in [0.4, 0.5) is 4.79 Å². The molecule has 0 aliphatic carbocycles. The minimum absolute atomic E-state index is 0.0294. The number of esters is 1. The summed E-state index contributed by atoms with van der Waals surface area (Å²) in [5.74, 6) is -3.87. The molecule has 15 heteroatoms. The third-order valence-corrected chi connectivity index (χ3v) is 5.99. The highest BCUT2D eigenvalue weighted by Crippen LogP contribution is 2.20. The van der Waals surface area contributed by atoms with Crippen molar-refractivity contribution in [3.8, 4) is 0 Å². The monoisotopic (exact) mass is 492 g/mol. The van der Waals surface area contributed by atoms with Gasteiger partial charge in [-0.25, -0.2) is 9.52 Å². The van der Waals surface area contributed by atoms with E-state index < -0.39 is 64.7 Å². The van der Waals surface area contributed by atoms with Gasteiger partial charge in [0.25, 0.3) is 5.91 Å². The van der Waals surface area contributed by atoms with Crippen molar-refractivity contribution in [1.29, 1.82) is 0 Å². The number of rotatable bonds is 11. The van der Waals surface area contributed by atoms with Crippen molar-refractivity contribution in [2.24, 2.45) is 5.92 Å². The van der Waals surface area contributed by atoms with Crippen molar-refractivity contribution in [2.45, 2.75) is 38.8 Å². The van der Waals surface area contributed by atoms with Crippen molar-refractivity contribution >= 4 is 40.1 Å². The van der Waals surface area contributed by atoms with Gasteiger partial charge >= 0.3 is 28.2 Å². The molecule has 1 heterocycles. The number of hydrogen-bond donors (Lipinski definition) is 4. The van der Waals surface area contributed by atoms with Gasteiger partial charge in [0.2, 0.25) is 5.91 Å². The molecular weight excluding hydrogens is 464 g/mol. The molecule has 186 valence electrons. The van der Waals surface area contributed by atoms with Gasteiger partial charge < -0.3 is 25.2 Å². The maximum absolute atomic E-state index is 12.3. The fourth-order valence-electron chi connectivity index (χ4n) is 2.67. The van der Waals surface area contributed by atoms with Gasteiger partial charge in [0.05, 0.1) is 5.92 Å². The van der Waals surface area contributed by atoms with Crippen molar-refractivity contribution in [1.82, 2.24) is 19.7 Å². The zero-order valence-corrected chi connectivity index (χ0v) is 19.1. The second-order valence-corrected chi connectivity index (χ2v) is 8.80. The Bertz CT molecular complexity index is 867. The molecule has 33 heavy (non-hydrogen) atoms. The lowest BCUT2D eigenvalue weighted by Gasteiger charge is -2.29. The summed E-state index contributed by atoms with van der Waals surface area (Å²) in [7, 11) is -4.27. The number of carboxylic acid groups (broad SMARTS) is 1. The lowest BCUT2D eigenvalue weighted by Crippen LogP contribution is -2.50. The fourth-order valence-corrected chi connectivity index (χ4v) is 3.76. The molecule has 1 rings (SSSR count). The molecule has 0 aromatic carbocycles. The topological polar surface area (TPSA) is 198 Å². The number of carboxylic acids is 1. The summed E-state index contributed by atoms with van der Waals surface area (Å²) in [5, 5.41) is 13.1. The van der Waals surface area contributed by atoms with E-state index in [1.807, 2.05) is 0 Å². The molecule has 0 aromatic heterocycles. The fraction of sp³-hybridized carbons (Fsp3) is 0.611. The Morgan fingerprint density at radius 1 is 1.09 bits per heavy atom. The van der Waals surface area contributed by atoms with E-state index in [4.69, 9.17) is 9.84 Å². The average Bonchev–Trinajstić information content (AvgIpc) is 2.75. The van der Waals surface area contributed by atoms with E-state index in [0.717, 1.165) is 4.31 Å². The van der Waals surface area contributed by atoms with Gasteiger partial charge in [-0.3, -0.25) is 19.2 Å². The summed E-state index contributed by atoms with van der Waals surface area (Å²) in [6, 6.07) is -2.30. The average molecular weight is 493 g/mol. The summed E-state index contributed by atoms with van der Waals surface area (Å²) in [4.78, 5) is 57.9. The molecule has 0 spiro atoms. The molecule has 4 N–H and O–H groups in total. The van der Waals surface area contributed by atoms with Crippen molar-refractivity contribution in [2.75, 3.05) is 26.3 Å². The van der Waals surface area contributed by atoms with E-state index in [1.54, 1.807) is 4.72 Å². The second kappa shape index (κ2) is 12.7. The quantitative estimate of drug-likeness (QED) is 0.194. The first-order valence-corrected chi connectivity index (χ1v) is 11.4. The van der Waals surface area contributed by atoms with E-state index in [1.165, 1.54) is 19.9 Å². The number of carbonyl (C=O) groups is 5. The summed E-state index contributed by atoms with van der Waals surface area (Å²) in [6.45, 7) is 5.07. The Morgan fingerprint density at radius 2 is 1.70 bits per heavy atom. The van der Waals surface area contributed by atoms with E-state index in [2.05, 4.69) is 21.9 Å². The molecule has 1 aliphatic heterocycles. The molecule has 0 unspecified atom stereocenters. The van der Waals surface area contributed by atoms with Crippen LogP contribution in [-0.4, -0.2) is 86.1 Å². The number of nitrogens with zero attached hydrogens (tertiary/aromatic N) is 1. The minimum Gasteiger partial charge on any atom is -0.480 e. The Labute approximate surface area is 190 Å². The third kappa shape index (κ3) is 9.44. The van der Waals surface area contributed by atoms with Crippen molar-refractivity contribution in [3.05, 3.63) is 12.7 Å². The second-order valence-electron chi connectivity index (χ2n) is 7.13. The number of amides is 3. The van der Waals surface area contributed by atoms with Gasteiger partial charge in [-0.05, 0) is 26.7 Å². The molecule has 3 amide bonds. The third-order valence-electron chi connectivity index (χ3n) is 4.52. The molecule has 0 saturated carbocycles. The van der Waals surface area contributed by atoms with Crippen LogP contribution in [0.3, 0.4) is 0 Å². The highest BCUT2D eigenvalue weighted by molar-refractivity contribution is 7.87. The van der Waals surface area contributed by atoms with E-state index in [9.17, 15) is 32.4 Å². The smallest absolute Gasteiger partial charge is 0.422 e. The van der Waals surface area contributed by atoms with Crippen molar-refractivity contribution < 1.29 is 47.0 Å². The SMILES string of the molecule is C=CCOC(=O)C1CCN(S(=O)(=O)NC(=O)OCC(=O)N[C@@H](C)C(=O)N[C@@H](C)C(=O)O)CC1. The Kier molecular flexibility index (Phi) is 10.7. The summed E-state index contributed by atoms with van der Waals surface area (Å²) < 4.78 is 36.7. The Morgan fingerprint density at radius 3 is 2.24 bits per heavy atom. The molecular formula is C18H28N4O10S. The van der Waals surface area contributed by atoms with Crippen molar-refractivity contribution in [3.63, 3.8) is 0 Å². The van der Waals surface area contributed by atoms with Gasteiger partial charge in [-0.2, -0.15) is 12.7 Å². The summed E-state index contributed by atoms with van der Waals surface area (Å²) in [6.07, 6.45) is 0.418. The van der Waals surface area contributed by atoms with Crippen LogP contribution in [0.25, 0.3) is 0 Å². The van der Waals surface area contributed by atoms with Crippen LogP contribution in [0, 0.1) is 5.92 Å². The maximum Gasteiger partial charge on any atom is 0.422 e. The first-order valence-electron chi connectivity index (χ1n) is 9.92.